The molecule has 0 amide bonds. The normalized spacial score (nSPS) is 38.1. The van der Waals surface area contributed by atoms with E-state index in [1.165, 1.54) is 6.92 Å². The lowest BCUT2D eigenvalue weighted by Gasteiger charge is -2.47. The number of fused-ring (bicyclic) bond motifs is 1. The number of rotatable bonds is 2. The molecule has 2 fully saturated rings. The molecule has 0 aliphatic carbocycles. The summed E-state index contributed by atoms with van der Waals surface area (Å²) < 4.78 is 23.3. The molecule has 120 valence electrons. The van der Waals surface area contributed by atoms with Crippen LogP contribution in [-0.2, 0) is 23.7 Å². The zero-order chi connectivity index (χ0) is 15.7. The monoisotopic (exact) mass is 306 g/mol. The van der Waals surface area contributed by atoms with Crippen LogP contribution < -0.4 is 0 Å². The van der Waals surface area contributed by atoms with Crippen LogP contribution in [0.5, 0.6) is 0 Å². The fourth-order valence-corrected chi connectivity index (χ4v) is 3.27. The molecule has 2 aliphatic heterocycles. The number of hydrogen-bond donors (Lipinski definition) is 0. The van der Waals surface area contributed by atoms with E-state index in [1.54, 1.807) is 0 Å². The molecular formula is C17H22O5. The molecule has 1 aromatic carbocycles. The number of benzene rings is 1. The zero-order valence-corrected chi connectivity index (χ0v) is 13.1. The minimum Gasteiger partial charge on any atom is -0.459 e. The summed E-state index contributed by atoms with van der Waals surface area (Å²) in [5.74, 6) is -0.245. The maximum atomic E-state index is 11.3. The molecule has 3 rings (SSSR count). The molecule has 22 heavy (non-hydrogen) atoms. The Hall–Kier alpha value is -1.43. The molecule has 6 atom stereocenters. The molecule has 0 aromatic heterocycles. The first kappa shape index (κ1) is 15.5. The van der Waals surface area contributed by atoms with Crippen molar-refractivity contribution in [1.82, 2.24) is 0 Å². The fourth-order valence-electron chi connectivity index (χ4n) is 3.27. The minimum absolute atomic E-state index is 0.0489. The Labute approximate surface area is 130 Å². The summed E-state index contributed by atoms with van der Waals surface area (Å²) >= 11 is 0. The fraction of sp³-hybridized carbons (Fsp3) is 0.588. The lowest BCUT2D eigenvalue weighted by atomic mass is 9.87. The minimum atomic E-state index is -0.403. The summed E-state index contributed by atoms with van der Waals surface area (Å²) in [6.45, 7) is 5.86. The van der Waals surface area contributed by atoms with E-state index in [0.29, 0.717) is 6.61 Å². The topological polar surface area (TPSA) is 54.0 Å². The summed E-state index contributed by atoms with van der Waals surface area (Å²) in [6.07, 6.45) is -1.15. The summed E-state index contributed by atoms with van der Waals surface area (Å²) in [6, 6.07) is 9.83. The van der Waals surface area contributed by atoms with Crippen molar-refractivity contribution in [1.29, 1.82) is 0 Å². The third-order valence-electron chi connectivity index (χ3n) is 4.32. The van der Waals surface area contributed by atoms with Crippen LogP contribution in [0.2, 0.25) is 0 Å². The second-order valence-electron chi connectivity index (χ2n) is 5.99. The molecule has 5 nitrogen and oxygen atoms in total. The van der Waals surface area contributed by atoms with E-state index in [-0.39, 0.29) is 36.3 Å². The van der Waals surface area contributed by atoms with E-state index in [4.69, 9.17) is 18.9 Å². The van der Waals surface area contributed by atoms with Crippen LogP contribution in [0.15, 0.2) is 30.3 Å². The van der Waals surface area contributed by atoms with E-state index in [9.17, 15) is 4.79 Å². The predicted octanol–water partition coefficient (Wildman–Crippen LogP) is 2.46. The summed E-state index contributed by atoms with van der Waals surface area (Å²) in [7, 11) is 0. The van der Waals surface area contributed by atoms with Gasteiger partial charge in [-0.15, -0.1) is 0 Å². The Morgan fingerprint density at radius 1 is 1.18 bits per heavy atom. The van der Waals surface area contributed by atoms with Gasteiger partial charge in [-0.25, -0.2) is 0 Å². The van der Waals surface area contributed by atoms with Crippen molar-refractivity contribution in [3.05, 3.63) is 35.9 Å². The average molecular weight is 306 g/mol. The predicted molar refractivity (Wildman–Crippen MR) is 79.1 cm³/mol. The van der Waals surface area contributed by atoms with Crippen molar-refractivity contribution in [2.24, 2.45) is 5.92 Å². The Kier molecular flexibility index (Phi) is 4.47. The van der Waals surface area contributed by atoms with E-state index in [2.05, 4.69) is 0 Å². The summed E-state index contributed by atoms with van der Waals surface area (Å²) in [4.78, 5) is 11.3. The number of esters is 1. The summed E-state index contributed by atoms with van der Waals surface area (Å²) in [5, 5.41) is 0. The van der Waals surface area contributed by atoms with Crippen molar-refractivity contribution in [3.63, 3.8) is 0 Å². The van der Waals surface area contributed by atoms with Crippen molar-refractivity contribution >= 4 is 5.97 Å². The standard InChI is InChI=1S/C17H22O5/c1-10-15(21-12(3)18)11(2)20-14-9-19-17(22-16(10)14)13-7-5-4-6-8-13/h4-8,10-11,14-17H,9H2,1-3H3. The van der Waals surface area contributed by atoms with Gasteiger partial charge in [-0.1, -0.05) is 37.3 Å². The maximum absolute atomic E-state index is 11.3. The van der Waals surface area contributed by atoms with E-state index in [1.807, 2.05) is 44.2 Å². The average Bonchev–Trinajstić information content (AvgIpc) is 2.52. The second kappa shape index (κ2) is 6.36. The van der Waals surface area contributed by atoms with Crippen LogP contribution in [0.4, 0.5) is 0 Å². The first-order valence-electron chi connectivity index (χ1n) is 7.71. The van der Waals surface area contributed by atoms with Gasteiger partial charge in [0, 0.05) is 18.4 Å². The third kappa shape index (κ3) is 3.02. The Bertz CT molecular complexity index is 517. The largest absolute Gasteiger partial charge is 0.459 e. The highest BCUT2D eigenvalue weighted by Gasteiger charge is 2.47. The lowest BCUT2D eigenvalue weighted by Crippen LogP contribution is -2.58. The Morgan fingerprint density at radius 3 is 2.59 bits per heavy atom. The van der Waals surface area contributed by atoms with Crippen LogP contribution in [0, 0.1) is 5.92 Å². The highest BCUT2D eigenvalue weighted by molar-refractivity contribution is 5.66. The maximum Gasteiger partial charge on any atom is 0.303 e. The Morgan fingerprint density at radius 2 is 1.91 bits per heavy atom. The van der Waals surface area contributed by atoms with Crippen LogP contribution >= 0.6 is 0 Å². The van der Waals surface area contributed by atoms with Gasteiger partial charge >= 0.3 is 5.97 Å². The van der Waals surface area contributed by atoms with Crippen molar-refractivity contribution < 1.29 is 23.7 Å². The molecule has 2 saturated heterocycles. The molecule has 0 spiro atoms. The van der Waals surface area contributed by atoms with Crippen LogP contribution in [0.25, 0.3) is 0 Å². The van der Waals surface area contributed by atoms with E-state index < -0.39 is 6.29 Å². The number of carbonyl (C=O) groups excluding carboxylic acids is 1. The van der Waals surface area contributed by atoms with E-state index >= 15 is 0 Å². The second-order valence-corrected chi connectivity index (χ2v) is 5.99. The number of ether oxygens (including phenoxy) is 4. The van der Waals surface area contributed by atoms with Crippen LogP contribution in [0.1, 0.15) is 32.6 Å². The Balaban J connectivity index is 1.75. The number of hydrogen-bond acceptors (Lipinski definition) is 5. The van der Waals surface area contributed by atoms with Gasteiger partial charge in [0.2, 0.25) is 0 Å². The van der Waals surface area contributed by atoms with Crippen LogP contribution in [-0.4, -0.2) is 37.0 Å². The van der Waals surface area contributed by atoms with Gasteiger partial charge in [-0.2, -0.15) is 0 Å². The van der Waals surface area contributed by atoms with Gasteiger partial charge in [-0.05, 0) is 6.92 Å². The van der Waals surface area contributed by atoms with Crippen molar-refractivity contribution in [2.45, 2.75) is 51.5 Å². The van der Waals surface area contributed by atoms with Gasteiger partial charge in [-0.3, -0.25) is 4.79 Å². The van der Waals surface area contributed by atoms with Crippen molar-refractivity contribution in [2.75, 3.05) is 6.61 Å². The molecule has 5 heteroatoms. The van der Waals surface area contributed by atoms with Gasteiger partial charge in [0.05, 0.1) is 18.8 Å². The lowest BCUT2D eigenvalue weighted by molar-refractivity contribution is -0.316. The molecule has 6 unspecified atom stereocenters. The number of carbonyl (C=O) groups is 1. The van der Waals surface area contributed by atoms with Gasteiger partial charge in [0.1, 0.15) is 12.2 Å². The quantitative estimate of drug-likeness (QED) is 0.786. The van der Waals surface area contributed by atoms with Crippen molar-refractivity contribution in [3.8, 4) is 0 Å². The SMILES string of the molecule is CC(=O)OC1C(C)OC2COC(c3ccccc3)OC2C1C. The molecule has 1 aromatic rings. The smallest absolute Gasteiger partial charge is 0.303 e. The first-order chi connectivity index (χ1) is 10.6. The molecule has 0 bridgehead atoms. The highest BCUT2D eigenvalue weighted by atomic mass is 16.7. The van der Waals surface area contributed by atoms with Gasteiger partial charge in [0.25, 0.3) is 0 Å². The molecule has 2 aliphatic rings. The zero-order valence-electron chi connectivity index (χ0n) is 13.1. The third-order valence-corrected chi connectivity index (χ3v) is 4.32. The molecular weight excluding hydrogens is 284 g/mol. The highest BCUT2D eigenvalue weighted by Crippen LogP contribution is 2.37. The summed E-state index contributed by atoms with van der Waals surface area (Å²) in [5.41, 5.74) is 0.982. The molecule has 0 radical (unpaired) electrons. The molecule has 0 saturated carbocycles. The van der Waals surface area contributed by atoms with Gasteiger partial charge < -0.3 is 18.9 Å². The molecule has 2 heterocycles. The van der Waals surface area contributed by atoms with Gasteiger partial charge in [0.15, 0.2) is 6.29 Å². The van der Waals surface area contributed by atoms with E-state index in [0.717, 1.165) is 5.56 Å². The molecule has 0 N–H and O–H groups in total. The van der Waals surface area contributed by atoms with Crippen LogP contribution in [0.3, 0.4) is 0 Å². The first-order valence-corrected chi connectivity index (χ1v) is 7.71.